The predicted molar refractivity (Wildman–Crippen MR) is 160 cm³/mol. The van der Waals surface area contributed by atoms with E-state index in [0.717, 1.165) is 10.7 Å². The monoisotopic (exact) mass is 625 g/mol. The molecule has 3 aromatic carbocycles. The van der Waals surface area contributed by atoms with E-state index >= 15 is 4.79 Å². The summed E-state index contributed by atoms with van der Waals surface area (Å²) >= 11 is 6.57. The summed E-state index contributed by atoms with van der Waals surface area (Å²) in [6, 6.07) is 15.3. The minimum absolute atomic E-state index is 0.0180. The van der Waals surface area contributed by atoms with E-state index in [9.17, 15) is 13.2 Å². The van der Waals surface area contributed by atoms with Gasteiger partial charge in [-0.25, -0.2) is 12.7 Å². The summed E-state index contributed by atoms with van der Waals surface area (Å²) in [5, 5.41) is 0.317. The number of methoxy groups -OCH3 is 3. The van der Waals surface area contributed by atoms with Crippen LogP contribution in [0, 0.1) is 0 Å². The normalized spacial score (nSPS) is 21.9. The Balaban J connectivity index is 1.63. The van der Waals surface area contributed by atoms with Crippen molar-refractivity contribution < 1.29 is 32.2 Å². The smallest absolute Gasteiger partial charge is 0.274 e. The first-order chi connectivity index (χ1) is 20.7. The van der Waals surface area contributed by atoms with Gasteiger partial charge in [0.15, 0.2) is 5.54 Å². The molecule has 43 heavy (non-hydrogen) atoms. The maximum Gasteiger partial charge on any atom is 0.274 e. The van der Waals surface area contributed by atoms with E-state index in [2.05, 4.69) is 0 Å². The number of hydrogen-bond acceptors (Lipinski definition) is 8. The fraction of sp³-hybridized carbons (Fsp3) is 0.355. The van der Waals surface area contributed by atoms with Crippen LogP contribution in [0.5, 0.6) is 17.2 Å². The van der Waals surface area contributed by atoms with Crippen LogP contribution in [-0.4, -0.2) is 77.0 Å². The maximum absolute atomic E-state index is 15.2. The third-order valence-corrected chi connectivity index (χ3v) is 10.6. The van der Waals surface area contributed by atoms with Gasteiger partial charge in [-0.15, -0.1) is 0 Å². The molecule has 1 unspecified atom stereocenters. The number of carbonyl (C=O) groups is 2. The Hall–Kier alpha value is -3.80. The Kier molecular flexibility index (Phi) is 7.52. The van der Waals surface area contributed by atoms with Crippen molar-refractivity contribution in [2.24, 2.45) is 0 Å². The summed E-state index contributed by atoms with van der Waals surface area (Å²) in [5.41, 5.74) is -0.816. The second kappa shape index (κ2) is 11.0. The lowest BCUT2D eigenvalue weighted by molar-refractivity contribution is -0.143. The van der Waals surface area contributed by atoms with E-state index in [1.54, 1.807) is 41.3 Å². The highest BCUT2D eigenvalue weighted by Crippen LogP contribution is 2.55. The zero-order valence-corrected chi connectivity index (χ0v) is 25.7. The number of ether oxygens (including phenoxy) is 3. The summed E-state index contributed by atoms with van der Waals surface area (Å²) in [7, 11) is -0.255. The minimum Gasteiger partial charge on any atom is -0.497 e. The SMILES string of the molecule is COc1ccc(S(=O)(=O)N2C(=O)C(c3ccccc3OC)(N3CCC[C@H]3C(=O)N3CCC3)c3cc(Cl)ccc32)c(OC)c1. The fourth-order valence-corrected chi connectivity index (χ4v) is 8.25. The number of sulfonamides is 1. The number of para-hydroxylation sites is 1. The van der Waals surface area contributed by atoms with Gasteiger partial charge in [-0.3, -0.25) is 14.5 Å². The molecule has 0 aliphatic carbocycles. The minimum atomic E-state index is -4.56. The zero-order valence-electron chi connectivity index (χ0n) is 24.1. The van der Waals surface area contributed by atoms with Crippen LogP contribution in [0.25, 0.3) is 0 Å². The molecule has 2 fully saturated rings. The van der Waals surface area contributed by atoms with Crippen LogP contribution >= 0.6 is 11.6 Å². The van der Waals surface area contributed by atoms with Crippen LogP contribution in [0.1, 0.15) is 30.4 Å². The Labute approximate surface area is 255 Å². The summed E-state index contributed by atoms with van der Waals surface area (Å²) < 4.78 is 46.4. The average Bonchev–Trinajstić information content (AvgIpc) is 3.57. The van der Waals surface area contributed by atoms with E-state index in [-0.39, 0.29) is 22.2 Å². The molecule has 3 heterocycles. The molecule has 2 saturated heterocycles. The molecular formula is C31H32ClN3O7S. The van der Waals surface area contributed by atoms with E-state index in [4.69, 9.17) is 25.8 Å². The summed E-state index contributed by atoms with van der Waals surface area (Å²) in [6.45, 7) is 1.68. The van der Waals surface area contributed by atoms with E-state index in [0.29, 0.717) is 60.1 Å². The van der Waals surface area contributed by atoms with Crippen LogP contribution in [0.15, 0.2) is 65.6 Å². The molecule has 0 N–H and O–H groups in total. The van der Waals surface area contributed by atoms with Crippen LogP contribution in [-0.2, 0) is 25.2 Å². The van der Waals surface area contributed by atoms with Crippen molar-refractivity contribution in [3.8, 4) is 17.2 Å². The van der Waals surface area contributed by atoms with Crippen molar-refractivity contribution in [2.45, 2.75) is 35.7 Å². The second-order valence-electron chi connectivity index (χ2n) is 10.7. The molecule has 2 atom stereocenters. The average molecular weight is 626 g/mol. The summed E-state index contributed by atoms with van der Waals surface area (Å²) in [4.78, 5) is 32.5. The molecular weight excluding hydrogens is 594 g/mol. The number of benzene rings is 3. The zero-order chi connectivity index (χ0) is 30.5. The molecule has 6 rings (SSSR count). The number of likely N-dealkylation sites (tertiary alicyclic amines) is 2. The van der Waals surface area contributed by atoms with Crippen molar-refractivity contribution in [1.29, 1.82) is 0 Å². The van der Waals surface area contributed by atoms with Gasteiger partial charge < -0.3 is 19.1 Å². The number of amides is 2. The highest BCUT2D eigenvalue weighted by molar-refractivity contribution is 7.93. The summed E-state index contributed by atoms with van der Waals surface area (Å²) in [5.74, 6) is -0.0407. The number of hydrogen-bond donors (Lipinski definition) is 0. The Morgan fingerprint density at radius 3 is 2.30 bits per heavy atom. The quantitative estimate of drug-likeness (QED) is 0.369. The van der Waals surface area contributed by atoms with Gasteiger partial charge in [-0.1, -0.05) is 29.8 Å². The molecule has 3 aromatic rings. The highest BCUT2D eigenvalue weighted by Gasteiger charge is 2.63. The van der Waals surface area contributed by atoms with E-state index in [1.807, 2.05) is 4.90 Å². The molecule has 3 aliphatic rings. The number of fused-ring (bicyclic) bond motifs is 1. The standard InChI is InChI=1S/C31H32ClN3O7S/c1-40-21-12-14-28(27(19-21)42-3)43(38,39)35-24-13-11-20(32)18-23(24)31(30(35)37,22-8-4-5-10-26(22)41-2)34-17-6-9-25(34)29(36)33-15-7-16-33/h4-5,8,10-14,18-19,25H,6-7,9,15-17H2,1-3H3/t25-,31?/m0/s1. The molecule has 0 bridgehead atoms. The molecule has 3 aliphatic heterocycles. The highest BCUT2D eigenvalue weighted by atomic mass is 35.5. The predicted octanol–water partition coefficient (Wildman–Crippen LogP) is 4.04. The largest absolute Gasteiger partial charge is 0.497 e. The van der Waals surface area contributed by atoms with E-state index < -0.39 is 27.5 Å². The van der Waals surface area contributed by atoms with Gasteiger partial charge in [-0.05, 0) is 55.7 Å². The second-order valence-corrected chi connectivity index (χ2v) is 12.9. The van der Waals surface area contributed by atoms with Crippen LogP contribution < -0.4 is 18.5 Å². The van der Waals surface area contributed by atoms with Crippen LogP contribution in [0.4, 0.5) is 5.69 Å². The molecule has 0 radical (unpaired) electrons. The first-order valence-electron chi connectivity index (χ1n) is 14.0. The van der Waals surface area contributed by atoms with Gasteiger partial charge in [-0.2, -0.15) is 0 Å². The van der Waals surface area contributed by atoms with Crippen molar-refractivity contribution in [1.82, 2.24) is 9.80 Å². The van der Waals surface area contributed by atoms with Crippen molar-refractivity contribution in [2.75, 3.05) is 45.3 Å². The number of rotatable bonds is 8. The molecule has 10 nitrogen and oxygen atoms in total. The van der Waals surface area contributed by atoms with Crippen molar-refractivity contribution in [3.05, 3.63) is 76.8 Å². The van der Waals surface area contributed by atoms with Crippen LogP contribution in [0.3, 0.4) is 0 Å². The van der Waals surface area contributed by atoms with Crippen molar-refractivity contribution >= 4 is 39.1 Å². The Morgan fingerprint density at radius 2 is 1.63 bits per heavy atom. The van der Waals surface area contributed by atoms with Crippen LogP contribution in [0.2, 0.25) is 5.02 Å². The molecule has 0 spiro atoms. The van der Waals surface area contributed by atoms with E-state index in [1.165, 1.54) is 45.6 Å². The molecule has 0 saturated carbocycles. The first-order valence-corrected chi connectivity index (χ1v) is 15.8. The number of anilines is 1. The molecule has 2 amide bonds. The number of halogens is 1. The Bertz CT molecular complexity index is 1710. The maximum atomic E-state index is 15.2. The lowest BCUT2D eigenvalue weighted by atomic mass is 9.80. The lowest BCUT2D eigenvalue weighted by Gasteiger charge is -2.43. The Morgan fingerprint density at radius 1 is 0.884 bits per heavy atom. The third kappa shape index (κ3) is 4.36. The molecule has 0 aromatic heterocycles. The third-order valence-electron chi connectivity index (χ3n) is 8.58. The van der Waals surface area contributed by atoms with Gasteiger partial charge in [0.05, 0.1) is 33.1 Å². The first kappa shape index (κ1) is 29.3. The van der Waals surface area contributed by atoms with Gasteiger partial charge in [0.25, 0.3) is 15.9 Å². The lowest BCUT2D eigenvalue weighted by Crippen LogP contribution is -2.60. The molecule has 12 heteroatoms. The fourth-order valence-electron chi connectivity index (χ4n) is 6.48. The number of nitrogens with zero attached hydrogens (tertiary/aromatic N) is 3. The van der Waals surface area contributed by atoms with Gasteiger partial charge >= 0.3 is 0 Å². The van der Waals surface area contributed by atoms with Crippen molar-refractivity contribution in [3.63, 3.8) is 0 Å². The van der Waals surface area contributed by atoms with Gasteiger partial charge in [0.1, 0.15) is 22.1 Å². The van der Waals surface area contributed by atoms with Gasteiger partial charge in [0, 0.05) is 41.9 Å². The van der Waals surface area contributed by atoms with Gasteiger partial charge in [0.2, 0.25) is 5.91 Å². The topological polar surface area (TPSA) is 106 Å². The summed E-state index contributed by atoms with van der Waals surface area (Å²) in [6.07, 6.45) is 2.08. The number of carbonyl (C=O) groups excluding carboxylic acids is 2. The molecule has 226 valence electrons.